The van der Waals surface area contributed by atoms with Crippen LogP contribution < -0.4 is 18.6 Å². The van der Waals surface area contributed by atoms with E-state index in [4.69, 9.17) is 23.4 Å². The van der Waals surface area contributed by atoms with Crippen LogP contribution >= 0.6 is 0 Å². The second-order valence-corrected chi connectivity index (χ2v) is 6.86. The first-order valence-electron chi connectivity index (χ1n) is 7.44. The predicted octanol–water partition coefficient (Wildman–Crippen LogP) is -1.65. The highest BCUT2D eigenvalue weighted by molar-refractivity contribution is 5.18. The predicted molar refractivity (Wildman–Crippen MR) is 68.4 cm³/mol. The van der Waals surface area contributed by atoms with Crippen molar-refractivity contribution in [1.29, 1.82) is 0 Å². The normalized spacial score (nSPS) is 31.7. The van der Waals surface area contributed by atoms with Gasteiger partial charge in [0.25, 0.3) is 0 Å². The van der Waals surface area contributed by atoms with Crippen molar-refractivity contribution in [2.45, 2.75) is 38.0 Å². The number of benzene rings is 1. The topological polar surface area (TPSA) is 101 Å². The summed E-state index contributed by atoms with van der Waals surface area (Å²) < 4.78 is 41.4. The maximum absolute atomic E-state index is 8.49. The van der Waals surface area contributed by atoms with Crippen LogP contribution in [0.2, 0.25) is 0 Å². The fraction of sp³-hybridized carbons (Fsp3) is 0.600. The Labute approximate surface area is 132 Å². The first-order chi connectivity index (χ1) is 10.3. The molecule has 7 heteroatoms. The van der Waals surface area contributed by atoms with Gasteiger partial charge in [0.1, 0.15) is 12.6 Å². The van der Waals surface area contributed by atoms with Crippen molar-refractivity contribution in [1.82, 2.24) is 0 Å². The first-order valence-corrected chi connectivity index (χ1v) is 8.68. The van der Waals surface area contributed by atoms with Gasteiger partial charge in [-0.25, -0.2) is 18.6 Å². The highest BCUT2D eigenvalue weighted by Crippen LogP contribution is 2.37. The van der Waals surface area contributed by atoms with E-state index in [9.17, 15) is 0 Å². The lowest BCUT2D eigenvalue weighted by molar-refractivity contribution is -2.00. The van der Waals surface area contributed by atoms with Crippen LogP contribution in [0.3, 0.4) is 0 Å². The quantitative estimate of drug-likeness (QED) is 0.574. The van der Waals surface area contributed by atoms with Gasteiger partial charge in [0, 0.05) is 6.42 Å². The third-order valence-electron chi connectivity index (χ3n) is 4.39. The van der Waals surface area contributed by atoms with Crippen molar-refractivity contribution in [3.05, 3.63) is 35.9 Å². The molecule has 3 unspecified atom stereocenters. The molecule has 3 atom stereocenters. The van der Waals surface area contributed by atoms with Crippen molar-refractivity contribution < 1.29 is 38.1 Å². The molecule has 0 aliphatic carbocycles. The number of rotatable bonds is 1. The van der Waals surface area contributed by atoms with E-state index in [0.29, 0.717) is 12.3 Å². The molecule has 1 aromatic carbocycles. The van der Waals surface area contributed by atoms with Gasteiger partial charge in [0.2, 0.25) is 0 Å². The highest BCUT2D eigenvalue weighted by atomic mass is 35.7. The van der Waals surface area contributed by atoms with Crippen molar-refractivity contribution in [2.75, 3.05) is 20.1 Å². The summed E-state index contributed by atoms with van der Waals surface area (Å²) in [7, 11) is -2.57. The van der Waals surface area contributed by atoms with E-state index in [-0.39, 0.29) is 0 Å². The van der Waals surface area contributed by atoms with Crippen LogP contribution in [0.1, 0.15) is 37.4 Å². The molecule has 2 aliphatic heterocycles. The van der Waals surface area contributed by atoms with Crippen molar-refractivity contribution in [3.63, 3.8) is 0 Å². The molecule has 124 valence electrons. The molecule has 0 spiro atoms. The summed E-state index contributed by atoms with van der Waals surface area (Å²) in [5.41, 5.74) is 1.35. The average molecular weight is 332 g/mol. The zero-order chi connectivity index (χ0) is 16.2. The molecule has 0 radical (unpaired) electrons. The molecule has 3 rings (SSSR count). The molecule has 0 aromatic heterocycles. The van der Waals surface area contributed by atoms with Crippen LogP contribution in [-0.2, 0) is 4.74 Å². The average Bonchev–Trinajstić information content (AvgIpc) is 2.65. The smallest absolute Gasteiger partial charge is 0.194 e. The summed E-state index contributed by atoms with van der Waals surface area (Å²) >= 11 is 0. The van der Waals surface area contributed by atoms with Gasteiger partial charge >= 0.3 is 0 Å². The standard InChI is InChI=1S/C15H22NO.ClHO4/c1-16-11-7-3-6-10-15(16)17-14(12-16)13-8-4-2-5-9-13;2-1(3,4)5/h2,4-5,8-9,14-15H,3,6-7,10-12H2,1H3;(H,2,3,4,5)/q+1;/p-1. The maximum Gasteiger partial charge on any atom is 0.194 e. The van der Waals surface area contributed by atoms with Crippen molar-refractivity contribution in [2.24, 2.45) is 0 Å². The highest BCUT2D eigenvalue weighted by Gasteiger charge is 2.45. The van der Waals surface area contributed by atoms with E-state index in [0.717, 1.165) is 11.0 Å². The number of likely N-dealkylation sites (N-methyl/N-ethyl adjacent to an activating group) is 1. The summed E-state index contributed by atoms with van der Waals surface area (Å²) in [4.78, 5) is 0. The SMILES string of the molecule is C[N+]12CCCCCC1OC(c1ccccc1)C2.[O-][Cl+3]([O-])([O-])[O-]. The number of halogens is 1. The van der Waals surface area contributed by atoms with E-state index >= 15 is 0 Å². The third kappa shape index (κ3) is 5.17. The lowest BCUT2D eigenvalue weighted by atomic mass is 10.1. The van der Waals surface area contributed by atoms with Gasteiger partial charge in [-0.2, -0.15) is 0 Å². The van der Waals surface area contributed by atoms with Gasteiger partial charge in [-0.05, 0) is 24.8 Å². The summed E-state index contributed by atoms with van der Waals surface area (Å²) in [5, 5.41) is 0. The monoisotopic (exact) mass is 331 g/mol. The molecule has 2 saturated heterocycles. The molecule has 2 aliphatic rings. The Bertz CT molecular complexity index is 461. The van der Waals surface area contributed by atoms with Gasteiger partial charge in [-0.3, -0.25) is 4.48 Å². The Morgan fingerprint density at radius 3 is 2.32 bits per heavy atom. The number of ether oxygens (including phenoxy) is 1. The number of fused-ring (bicyclic) bond motifs is 1. The van der Waals surface area contributed by atoms with Crippen LogP contribution in [0, 0.1) is 10.2 Å². The Morgan fingerprint density at radius 1 is 1.05 bits per heavy atom. The molecular formula is C15H22ClNO5. The molecule has 1 aromatic rings. The molecule has 2 fully saturated rings. The second kappa shape index (κ2) is 7.23. The van der Waals surface area contributed by atoms with Crippen LogP contribution in [0.15, 0.2) is 30.3 Å². The minimum absolute atomic E-state index is 0.310. The van der Waals surface area contributed by atoms with Crippen LogP contribution in [0.4, 0.5) is 0 Å². The minimum atomic E-state index is -4.94. The molecule has 0 amide bonds. The Hall–Kier alpha value is -0.730. The lowest BCUT2D eigenvalue weighted by Crippen LogP contribution is -2.68. The number of hydrogen-bond donors (Lipinski definition) is 0. The van der Waals surface area contributed by atoms with E-state index in [1.165, 1.54) is 37.8 Å². The van der Waals surface area contributed by atoms with Crippen LogP contribution in [-0.4, -0.2) is 30.8 Å². The minimum Gasteiger partial charge on any atom is -0.315 e. The lowest BCUT2D eigenvalue weighted by Gasteiger charge is -2.32. The molecule has 2 heterocycles. The fourth-order valence-electron chi connectivity index (χ4n) is 3.31. The number of hydrogen-bond acceptors (Lipinski definition) is 5. The van der Waals surface area contributed by atoms with Gasteiger partial charge in [-0.15, -0.1) is 10.2 Å². The van der Waals surface area contributed by atoms with Gasteiger partial charge in [0.05, 0.1) is 13.6 Å². The molecule has 22 heavy (non-hydrogen) atoms. The van der Waals surface area contributed by atoms with Gasteiger partial charge in [-0.1, -0.05) is 30.3 Å². The molecule has 6 nitrogen and oxygen atoms in total. The fourth-order valence-corrected chi connectivity index (χ4v) is 3.31. The zero-order valence-corrected chi connectivity index (χ0v) is 13.4. The van der Waals surface area contributed by atoms with E-state index < -0.39 is 10.2 Å². The van der Waals surface area contributed by atoms with Gasteiger partial charge in [0.15, 0.2) is 6.23 Å². The van der Waals surface area contributed by atoms with Crippen molar-refractivity contribution in [3.8, 4) is 0 Å². The summed E-state index contributed by atoms with van der Waals surface area (Å²) in [6.07, 6.45) is 6.05. The zero-order valence-electron chi connectivity index (χ0n) is 12.7. The molecule has 0 saturated carbocycles. The summed E-state index contributed by atoms with van der Waals surface area (Å²) in [5.74, 6) is 0. The van der Waals surface area contributed by atoms with Crippen molar-refractivity contribution >= 4 is 0 Å². The second-order valence-electron chi connectivity index (χ2n) is 6.10. The van der Waals surface area contributed by atoms with Crippen LogP contribution in [0.5, 0.6) is 0 Å². The molecule has 0 bridgehead atoms. The Morgan fingerprint density at radius 2 is 1.68 bits per heavy atom. The first kappa shape index (κ1) is 17.6. The molecular weight excluding hydrogens is 310 g/mol. The van der Waals surface area contributed by atoms with E-state index in [2.05, 4.69) is 37.4 Å². The Kier molecular flexibility index (Phi) is 5.79. The van der Waals surface area contributed by atoms with E-state index in [1.54, 1.807) is 0 Å². The van der Waals surface area contributed by atoms with Crippen LogP contribution in [0.25, 0.3) is 0 Å². The Balaban J connectivity index is 0.000000309. The van der Waals surface area contributed by atoms with Gasteiger partial charge < -0.3 is 4.74 Å². The third-order valence-corrected chi connectivity index (χ3v) is 4.39. The summed E-state index contributed by atoms with van der Waals surface area (Å²) in [6.45, 7) is 2.43. The summed E-state index contributed by atoms with van der Waals surface area (Å²) in [6, 6.07) is 10.7. The number of quaternary nitrogens is 1. The number of nitrogens with zero attached hydrogens (tertiary/aromatic N) is 1. The van der Waals surface area contributed by atoms with E-state index in [1.807, 2.05) is 0 Å². The molecule has 0 N–H and O–H groups in total. The largest absolute Gasteiger partial charge is 0.315 e. The maximum atomic E-state index is 8.49.